The second-order valence-corrected chi connectivity index (χ2v) is 4.00. The van der Waals surface area contributed by atoms with Crippen LogP contribution in [0.25, 0.3) is 22.0 Å². The van der Waals surface area contributed by atoms with Gasteiger partial charge in [0.05, 0.1) is 11.7 Å². The van der Waals surface area contributed by atoms with Crippen molar-refractivity contribution in [1.29, 1.82) is 0 Å². The molecule has 3 aromatic rings. The van der Waals surface area contributed by atoms with Crippen molar-refractivity contribution in [3.8, 4) is 11.1 Å². The fourth-order valence-corrected chi connectivity index (χ4v) is 1.90. The molecule has 0 amide bonds. The van der Waals surface area contributed by atoms with Crippen molar-refractivity contribution in [3.05, 3.63) is 64.7 Å². The summed E-state index contributed by atoms with van der Waals surface area (Å²) in [6, 6.07) is 11.6. The molecule has 0 spiro atoms. The van der Waals surface area contributed by atoms with Gasteiger partial charge in [-0.3, -0.25) is 9.89 Å². The molecule has 4 N–H and O–H groups in total. The number of aromatic nitrogens is 2. The van der Waals surface area contributed by atoms with Crippen LogP contribution in [0.5, 0.6) is 0 Å². The van der Waals surface area contributed by atoms with Crippen LogP contribution < -0.4 is 11.6 Å². The highest BCUT2D eigenvalue weighted by atomic mass is 19.1. The molecule has 0 atom stereocenters. The molecule has 3 rings (SSSR count). The van der Waals surface area contributed by atoms with Crippen molar-refractivity contribution in [2.75, 3.05) is 0 Å². The van der Waals surface area contributed by atoms with Gasteiger partial charge in [0.15, 0.2) is 0 Å². The van der Waals surface area contributed by atoms with Gasteiger partial charge in [0.25, 0.3) is 0 Å². The number of aromatic amines is 1. The van der Waals surface area contributed by atoms with Gasteiger partial charge in [-0.1, -0.05) is 18.2 Å². The standard InChI is InChI=1S/C14H9FN2O.H3N/c15-11-4-1-9(2-5-11)10-3-6-13-12(7-10)14(18)8-16-17-13;/h1-8H,(H,17,18);1H3. The van der Waals surface area contributed by atoms with Crippen molar-refractivity contribution >= 4 is 10.9 Å². The minimum atomic E-state index is -0.276. The zero-order valence-electron chi connectivity index (χ0n) is 10.1. The number of benzene rings is 2. The minimum Gasteiger partial charge on any atom is -0.344 e. The summed E-state index contributed by atoms with van der Waals surface area (Å²) in [7, 11) is 0. The van der Waals surface area contributed by atoms with Gasteiger partial charge in [-0.05, 0) is 35.4 Å². The van der Waals surface area contributed by atoms with E-state index in [1.165, 1.54) is 18.3 Å². The molecule has 0 fully saturated rings. The smallest absolute Gasteiger partial charge is 0.207 e. The van der Waals surface area contributed by atoms with Crippen molar-refractivity contribution in [2.45, 2.75) is 0 Å². The molecule has 1 aromatic heterocycles. The molecule has 0 saturated heterocycles. The van der Waals surface area contributed by atoms with E-state index >= 15 is 0 Å². The number of fused-ring (bicyclic) bond motifs is 1. The molecule has 4 nitrogen and oxygen atoms in total. The number of rotatable bonds is 1. The Kier molecular flexibility index (Phi) is 3.39. The van der Waals surface area contributed by atoms with Crippen molar-refractivity contribution in [2.24, 2.45) is 0 Å². The lowest BCUT2D eigenvalue weighted by molar-refractivity contribution is 0.628. The molecule has 96 valence electrons. The van der Waals surface area contributed by atoms with Gasteiger partial charge >= 0.3 is 0 Å². The molecular formula is C14H12FN3O. The molecule has 0 aliphatic heterocycles. The van der Waals surface area contributed by atoms with Gasteiger partial charge < -0.3 is 6.15 Å². The second kappa shape index (κ2) is 4.99. The van der Waals surface area contributed by atoms with Crippen LogP contribution in [0.1, 0.15) is 0 Å². The highest BCUT2D eigenvalue weighted by Crippen LogP contribution is 2.22. The van der Waals surface area contributed by atoms with Crippen LogP contribution in [0.3, 0.4) is 0 Å². The monoisotopic (exact) mass is 257 g/mol. The molecule has 0 unspecified atom stereocenters. The predicted molar refractivity (Wildman–Crippen MR) is 72.8 cm³/mol. The van der Waals surface area contributed by atoms with Crippen LogP contribution in [0, 0.1) is 5.82 Å². The van der Waals surface area contributed by atoms with Crippen molar-refractivity contribution < 1.29 is 4.39 Å². The third-order valence-corrected chi connectivity index (χ3v) is 2.83. The summed E-state index contributed by atoms with van der Waals surface area (Å²) in [5, 5.41) is 7.08. The van der Waals surface area contributed by atoms with E-state index in [0.29, 0.717) is 10.9 Å². The average molecular weight is 257 g/mol. The van der Waals surface area contributed by atoms with Gasteiger partial charge in [-0.15, -0.1) is 0 Å². The first-order chi connectivity index (χ1) is 8.74. The first-order valence-electron chi connectivity index (χ1n) is 5.47. The minimum absolute atomic E-state index is 0. The van der Waals surface area contributed by atoms with Gasteiger partial charge in [-0.2, -0.15) is 5.10 Å². The Morgan fingerprint density at radius 3 is 2.42 bits per heavy atom. The van der Waals surface area contributed by atoms with Gasteiger partial charge in [0, 0.05) is 5.39 Å². The van der Waals surface area contributed by atoms with E-state index in [2.05, 4.69) is 10.2 Å². The van der Waals surface area contributed by atoms with Crippen LogP contribution in [-0.2, 0) is 0 Å². The Hall–Kier alpha value is -2.53. The molecule has 0 saturated carbocycles. The maximum absolute atomic E-state index is 12.9. The van der Waals surface area contributed by atoms with E-state index in [-0.39, 0.29) is 17.4 Å². The molecular weight excluding hydrogens is 245 g/mol. The van der Waals surface area contributed by atoms with Crippen LogP contribution in [0.4, 0.5) is 4.39 Å². The van der Waals surface area contributed by atoms with E-state index in [9.17, 15) is 9.18 Å². The Labute approximate surface area is 108 Å². The van der Waals surface area contributed by atoms with Gasteiger partial charge in [0.2, 0.25) is 5.43 Å². The zero-order chi connectivity index (χ0) is 12.5. The third kappa shape index (κ3) is 2.36. The number of hydrogen-bond acceptors (Lipinski definition) is 3. The lowest BCUT2D eigenvalue weighted by atomic mass is 10.0. The largest absolute Gasteiger partial charge is 0.344 e. The van der Waals surface area contributed by atoms with Gasteiger partial charge in [-0.25, -0.2) is 4.39 Å². The van der Waals surface area contributed by atoms with E-state index in [1.807, 2.05) is 6.07 Å². The van der Waals surface area contributed by atoms with Gasteiger partial charge in [0.1, 0.15) is 5.82 Å². The molecule has 0 aliphatic carbocycles. The van der Waals surface area contributed by atoms with E-state index in [0.717, 1.165) is 11.1 Å². The maximum Gasteiger partial charge on any atom is 0.207 e. The van der Waals surface area contributed by atoms with Crippen molar-refractivity contribution in [1.82, 2.24) is 16.3 Å². The third-order valence-electron chi connectivity index (χ3n) is 2.83. The van der Waals surface area contributed by atoms with Crippen LogP contribution in [0.2, 0.25) is 0 Å². The maximum atomic E-state index is 12.9. The lowest BCUT2D eigenvalue weighted by Crippen LogP contribution is -2.02. The molecule has 19 heavy (non-hydrogen) atoms. The molecule has 0 radical (unpaired) electrons. The summed E-state index contributed by atoms with van der Waals surface area (Å²) in [4.78, 5) is 11.7. The van der Waals surface area contributed by atoms with Crippen LogP contribution >= 0.6 is 0 Å². The molecule has 2 aromatic carbocycles. The number of H-pyrrole nitrogens is 1. The van der Waals surface area contributed by atoms with Crippen LogP contribution in [-0.4, -0.2) is 10.2 Å². The van der Waals surface area contributed by atoms with Crippen molar-refractivity contribution in [3.63, 3.8) is 0 Å². The fourth-order valence-electron chi connectivity index (χ4n) is 1.90. The molecule has 0 bridgehead atoms. The highest BCUT2D eigenvalue weighted by molar-refractivity contribution is 5.83. The first kappa shape index (κ1) is 12.9. The summed E-state index contributed by atoms with van der Waals surface area (Å²) < 4.78 is 12.9. The SMILES string of the molecule is N.O=c1cn[nH]c2ccc(-c3ccc(F)cc3)cc12. The Morgan fingerprint density at radius 1 is 1.00 bits per heavy atom. The van der Waals surface area contributed by atoms with E-state index in [4.69, 9.17) is 0 Å². The quantitative estimate of drug-likeness (QED) is 0.703. The summed E-state index contributed by atoms with van der Waals surface area (Å²) in [5.41, 5.74) is 2.30. The number of nitrogens with zero attached hydrogens (tertiary/aromatic N) is 1. The average Bonchev–Trinajstić information content (AvgIpc) is 2.40. The number of halogens is 1. The zero-order valence-corrected chi connectivity index (χ0v) is 10.1. The summed E-state index contributed by atoms with van der Waals surface area (Å²) in [6.45, 7) is 0. The Morgan fingerprint density at radius 2 is 1.68 bits per heavy atom. The number of hydrogen-bond donors (Lipinski definition) is 2. The fraction of sp³-hybridized carbons (Fsp3) is 0. The highest BCUT2D eigenvalue weighted by Gasteiger charge is 2.03. The van der Waals surface area contributed by atoms with Crippen LogP contribution in [0.15, 0.2) is 53.5 Å². The van der Waals surface area contributed by atoms with E-state index < -0.39 is 0 Å². The lowest BCUT2D eigenvalue weighted by Gasteiger charge is -2.03. The first-order valence-corrected chi connectivity index (χ1v) is 5.47. The summed E-state index contributed by atoms with van der Waals surface area (Å²) in [5.74, 6) is -0.276. The Bertz CT molecular complexity index is 765. The topological polar surface area (TPSA) is 80.8 Å². The van der Waals surface area contributed by atoms with E-state index in [1.54, 1.807) is 24.3 Å². The molecule has 0 aliphatic rings. The normalized spacial score (nSPS) is 10.2. The predicted octanol–water partition coefficient (Wildman–Crippen LogP) is 2.89. The number of nitrogens with one attached hydrogen (secondary N) is 1. The summed E-state index contributed by atoms with van der Waals surface area (Å²) >= 11 is 0. The second-order valence-electron chi connectivity index (χ2n) is 4.00. The summed E-state index contributed by atoms with van der Waals surface area (Å²) in [6.07, 6.45) is 1.25. The molecule has 5 heteroatoms. The molecule has 1 heterocycles. The Balaban J connectivity index is 0.00000133.